The maximum atomic E-state index is 11.9. The molecule has 0 bridgehead atoms. The molecule has 1 saturated carbocycles. The van der Waals surface area contributed by atoms with Gasteiger partial charge in [0, 0.05) is 13.1 Å². The van der Waals surface area contributed by atoms with Crippen LogP contribution in [-0.2, 0) is 4.79 Å². The normalized spacial score (nSPS) is 17.4. The van der Waals surface area contributed by atoms with Crippen LogP contribution in [0.3, 0.4) is 0 Å². The monoisotopic (exact) mass is 256 g/mol. The molecule has 0 radical (unpaired) electrons. The lowest BCUT2D eigenvalue weighted by atomic mass is 9.89. The fourth-order valence-corrected chi connectivity index (χ4v) is 2.49. The maximum Gasteiger partial charge on any atom is 0.323 e. The number of hydrogen-bond acceptors (Lipinski definition) is 2. The lowest BCUT2D eigenvalue weighted by molar-refractivity contribution is -0.137. The first-order valence-electron chi connectivity index (χ1n) is 6.71. The lowest BCUT2D eigenvalue weighted by Gasteiger charge is -2.27. The molecule has 0 heterocycles. The molecule has 0 unspecified atom stereocenters. The maximum absolute atomic E-state index is 11.9. The summed E-state index contributed by atoms with van der Waals surface area (Å²) in [6.07, 6.45) is 5.48. The largest absolute Gasteiger partial charge is 0.480 e. The Bertz CT molecular complexity index is 299. The van der Waals surface area contributed by atoms with Gasteiger partial charge in [-0.1, -0.05) is 26.7 Å². The molecule has 0 aromatic heterocycles. The van der Waals surface area contributed by atoms with Gasteiger partial charge >= 0.3 is 12.0 Å². The molecular formula is C13H24N2O3. The number of amides is 2. The first kappa shape index (κ1) is 14.8. The molecule has 0 saturated heterocycles. The van der Waals surface area contributed by atoms with Crippen molar-refractivity contribution in [3.63, 3.8) is 0 Å². The number of carbonyl (C=O) groups excluding carboxylic acids is 1. The number of rotatable bonds is 6. The first-order chi connectivity index (χ1) is 8.47. The van der Waals surface area contributed by atoms with Crippen LogP contribution >= 0.6 is 0 Å². The summed E-state index contributed by atoms with van der Waals surface area (Å²) in [5.41, 5.74) is 0.191. The van der Waals surface area contributed by atoms with Gasteiger partial charge in [0.25, 0.3) is 0 Å². The number of hydrogen-bond donors (Lipinski definition) is 2. The van der Waals surface area contributed by atoms with Crippen LogP contribution in [0.1, 0.15) is 46.0 Å². The summed E-state index contributed by atoms with van der Waals surface area (Å²) in [6, 6.07) is -0.257. The highest BCUT2D eigenvalue weighted by atomic mass is 16.4. The van der Waals surface area contributed by atoms with Gasteiger partial charge in [-0.3, -0.25) is 4.79 Å². The van der Waals surface area contributed by atoms with Crippen molar-refractivity contribution < 1.29 is 14.7 Å². The van der Waals surface area contributed by atoms with E-state index in [-0.39, 0.29) is 18.0 Å². The van der Waals surface area contributed by atoms with E-state index in [0.29, 0.717) is 13.1 Å². The number of carbonyl (C=O) groups is 2. The number of carboxylic acids is 1. The van der Waals surface area contributed by atoms with E-state index in [1.54, 1.807) is 0 Å². The third-order valence-corrected chi connectivity index (χ3v) is 3.58. The fourth-order valence-electron chi connectivity index (χ4n) is 2.49. The molecule has 0 aromatic rings. The van der Waals surface area contributed by atoms with E-state index in [2.05, 4.69) is 12.2 Å². The molecule has 18 heavy (non-hydrogen) atoms. The van der Waals surface area contributed by atoms with Crippen molar-refractivity contribution in [1.82, 2.24) is 10.2 Å². The Kier molecular flexibility index (Phi) is 5.44. The molecule has 2 N–H and O–H groups in total. The molecule has 5 heteroatoms. The molecule has 104 valence electrons. The summed E-state index contributed by atoms with van der Waals surface area (Å²) < 4.78 is 0. The Morgan fingerprint density at radius 3 is 2.44 bits per heavy atom. The van der Waals surface area contributed by atoms with Gasteiger partial charge in [0.2, 0.25) is 0 Å². The van der Waals surface area contributed by atoms with E-state index < -0.39 is 5.97 Å². The van der Waals surface area contributed by atoms with Gasteiger partial charge in [-0.05, 0) is 24.7 Å². The van der Waals surface area contributed by atoms with Crippen LogP contribution in [-0.4, -0.2) is 41.6 Å². The summed E-state index contributed by atoms with van der Waals surface area (Å²) in [6.45, 7) is 5.01. The van der Waals surface area contributed by atoms with E-state index >= 15 is 0 Å². The van der Waals surface area contributed by atoms with Gasteiger partial charge in [-0.25, -0.2) is 4.79 Å². The van der Waals surface area contributed by atoms with E-state index in [1.807, 2.05) is 6.92 Å². The Hall–Kier alpha value is -1.26. The molecule has 1 aliphatic rings. The van der Waals surface area contributed by atoms with E-state index in [0.717, 1.165) is 19.3 Å². The van der Waals surface area contributed by atoms with Crippen molar-refractivity contribution in [3.8, 4) is 0 Å². The summed E-state index contributed by atoms with van der Waals surface area (Å²) >= 11 is 0. The van der Waals surface area contributed by atoms with Gasteiger partial charge in [0.15, 0.2) is 0 Å². The second kappa shape index (κ2) is 6.61. The van der Waals surface area contributed by atoms with Gasteiger partial charge in [-0.2, -0.15) is 0 Å². The summed E-state index contributed by atoms with van der Waals surface area (Å²) in [4.78, 5) is 24.0. The van der Waals surface area contributed by atoms with Crippen molar-refractivity contribution in [2.45, 2.75) is 46.0 Å². The minimum Gasteiger partial charge on any atom is -0.480 e. The molecule has 1 fully saturated rings. The highest BCUT2D eigenvalue weighted by molar-refractivity contribution is 5.80. The quantitative estimate of drug-likeness (QED) is 0.764. The molecule has 1 aliphatic carbocycles. The van der Waals surface area contributed by atoms with Crippen LogP contribution in [0.5, 0.6) is 0 Å². The lowest BCUT2D eigenvalue weighted by Crippen LogP contribution is -2.45. The standard InChI is InChI=1S/C13H24N2O3/c1-3-8-15(9-11(16)17)12(18)14-10-13(2)6-4-5-7-13/h3-10H2,1-2H3,(H,14,18)(H,16,17). The first-order valence-corrected chi connectivity index (χ1v) is 6.71. The zero-order valence-corrected chi connectivity index (χ0v) is 11.4. The topological polar surface area (TPSA) is 69.6 Å². The van der Waals surface area contributed by atoms with Crippen LogP contribution in [0.4, 0.5) is 4.79 Å². The smallest absolute Gasteiger partial charge is 0.323 e. The van der Waals surface area contributed by atoms with E-state index in [9.17, 15) is 9.59 Å². The summed E-state index contributed by atoms with van der Waals surface area (Å²) in [5.74, 6) is -0.967. The van der Waals surface area contributed by atoms with Gasteiger partial charge in [0.05, 0.1) is 0 Å². The van der Waals surface area contributed by atoms with Crippen LogP contribution < -0.4 is 5.32 Å². The molecule has 0 aromatic carbocycles. The van der Waals surface area contributed by atoms with Crippen molar-refractivity contribution in [2.75, 3.05) is 19.6 Å². The van der Waals surface area contributed by atoms with Gasteiger partial charge in [-0.15, -0.1) is 0 Å². The molecule has 0 atom stereocenters. The van der Waals surface area contributed by atoms with Crippen molar-refractivity contribution in [2.24, 2.45) is 5.41 Å². The van der Waals surface area contributed by atoms with E-state index in [4.69, 9.17) is 5.11 Å². The number of aliphatic carboxylic acids is 1. The number of carboxylic acid groups (broad SMARTS) is 1. The van der Waals surface area contributed by atoms with Gasteiger partial charge in [0.1, 0.15) is 6.54 Å². The molecule has 1 rings (SSSR count). The second-order valence-electron chi connectivity index (χ2n) is 5.49. The zero-order valence-electron chi connectivity index (χ0n) is 11.4. The minimum absolute atomic E-state index is 0.191. The molecule has 5 nitrogen and oxygen atoms in total. The number of nitrogens with zero attached hydrogens (tertiary/aromatic N) is 1. The van der Waals surface area contributed by atoms with Crippen molar-refractivity contribution in [3.05, 3.63) is 0 Å². The number of urea groups is 1. The molecule has 0 aliphatic heterocycles. The van der Waals surface area contributed by atoms with E-state index in [1.165, 1.54) is 17.7 Å². The Labute approximate surface area is 109 Å². The van der Waals surface area contributed by atoms with Gasteiger partial charge < -0.3 is 15.3 Å². The predicted octanol–water partition coefficient (Wildman–Crippen LogP) is 2.07. The Morgan fingerprint density at radius 2 is 1.94 bits per heavy atom. The van der Waals surface area contributed by atoms with Crippen LogP contribution in [0.15, 0.2) is 0 Å². The Balaban J connectivity index is 2.42. The Morgan fingerprint density at radius 1 is 1.33 bits per heavy atom. The SMILES string of the molecule is CCCN(CC(=O)O)C(=O)NCC1(C)CCCC1. The zero-order chi connectivity index (χ0) is 13.6. The minimum atomic E-state index is -0.967. The highest BCUT2D eigenvalue weighted by Crippen LogP contribution is 2.36. The molecule has 2 amide bonds. The summed E-state index contributed by atoms with van der Waals surface area (Å²) in [5, 5.41) is 11.6. The summed E-state index contributed by atoms with van der Waals surface area (Å²) in [7, 11) is 0. The van der Waals surface area contributed by atoms with Crippen molar-refractivity contribution >= 4 is 12.0 Å². The number of nitrogens with one attached hydrogen (secondary N) is 1. The third kappa shape index (κ3) is 4.55. The van der Waals surface area contributed by atoms with Crippen LogP contribution in [0.25, 0.3) is 0 Å². The second-order valence-corrected chi connectivity index (χ2v) is 5.49. The molecule has 0 spiro atoms. The average Bonchev–Trinajstić information content (AvgIpc) is 2.72. The predicted molar refractivity (Wildman–Crippen MR) is 69.5 cm³/mol. The average molecular weight is 256 g/mol. The fraction of sp³-hybridized carbons (Fsp3) is 0.846. The van der Waals surface area contributed by atoms with Crippen LogP contribution in [0.2, 0.25) is 0 Å². The van der Waals surface area contributed by atoms with Crippen LogP contribution in [0, 0.1) is 5.41 Å². The molecular weight excluding hydrogens is 232 g/mol. The van der Waals surface area contributed by atoms with Crippen molar-refractivity contribution in [1.29, 1.82) is 0 Å². The highest BCUT2D eigenvalue weighted by Gasteiger charge is 2.29. The third-order valence-electron chi connectivity index (χ3n) is 3.58.